The number of aliphatic hydroxyl groups excluding tert-OH is 2. The normalized spacial score (nSPS) is 31.9. The van der Waals surface area contributed by atoms with Crippen molar-refractivity contribution in [1.82, 2.24) is 10.2 Å². The van der Waals surface area contributed by atoms with Crippen LogP contribution in [0.3, 0.4) is 0 Å². The highest BCUT2D eigenvalue weighted by molar-refractivity contribution is 6.25. The Morgan fingerprint density at radius 3 is 2.57 bits per heavy atom. The van der Waals surface area contributed by atoms with E-state index in [0.29, 0.717) is 18.5 Å². The SMILES string of the molecule is CCN[C@@H]1C(O)=C(C(C)=O)C(=O)[C@@]2(O)C(O)=C3C(=O)c4c(O)cc(C5CCCN5C)c(F)c4C[C@H]3C[C@@H]12. The largest absolute Gasteiger partial charge is 0.510 e. The van der Waals surface area contributed by atoms with Crippen molar-refractivity contribution in [2.45, 2.75) is 57.2 Å². The molecule has 5 rings (SSSR count). The lowest BCUT2D eigenvalue weighted by atomic mass is 9.58. The zero-order valence-corrected chi connectivity index (χ0v) is 21.0. The van der Waals surface area contributed by atoms with E-state index in [1.54, 1.807) is 6.92 Å². The van der Waals surface area contributed by atoms with E-state index in [1.807, 2.05) is 11.9 Å². The molecular weight excluding hydrogens is 483 g/mol. The van der Waals surface area contributed by atoms with Gasteiger partial charge in [-0.25, -0.2) is 4.39 Å². The first-order valence-electron chi connectivity index (χ1n) is 12.6. The van der Waals surface area contributed by atoms with Gasteiger partial charge in [-0.15, -0.1) is 0 Å². The Morgan fingerprint density at radius 2 is 1.97 bits per heavy atom. The number of rotatable bonds is 4. The third-order valence-corrected chi connectivity index (χ3v) is 8.57. The van der Waals surface area contributed by atoms with Crippen molar-refractivity contribution in [3.05, 3.63) is 51.2 Å². The molecule has 5 N–H and O–H groups in total. The predicted molar refractivity (Wildman–Crippen MR) is 130 cm³/mol. The van der Waals surface area contributed by atoms with Crippen LogP contribution < -0.4 is 5.32 Å². The average Bonchev–Trinajstić information content (AvgIpc) is 3.26. The van der Waals surface area contributed by atoms with E-state index in [-0.39, 0.29) is 35.6 Å². The van der Waals surface area contributed by atoms with Crippen LogP contribution in [0.25, 0.3) is 0 Å². The van der Waals surface area contributed by atoms with E-state index < -0.39 is 69.5 Å². The Morgan fingerprint density at radius 1 is 1.27 bits per heavy atom. The zero-order valence-electron chi connectivity index (χ0n) is 21.0. The Hall–Kier alpha value is -3.08. The van der Waals surface area contributed by atoms with Gasteiger partial charge >= 0.3 is 0 Å². The van der Waals surface area contributed by atoms with Gasteiger partial charge in [0.05, 0.1) is 11.6 Å². The molecular formula is C27H31FN2O7. The van der Waals surface area contributed by atoms with E-state index in [2.05, 4.69) is 5.32 Å². The summed E-state index contributed by atoms with van der Waals surface area (Å²) in [6.07, 6.45) is 1.49. The van der Waals surface area contributed by atoms with Crippen LogP contribution in [0.15, 0.2) is 28.7 Å². The van der Waals surface area contributed by atoms with Crippen molar-refractivity contribution in [2.24, 2.45) is 11.8 Å². The molecule has 1 unspecified atom stereocenters. The molecule has 10 heteroatoms. The Kier molecular flexibility index (Phi) is 6.04. The van der Waals surface area contributed by atoms with Gasteiger partial charge in [-0.3, -0.25) is 19.3 Å². The molecule has 0 saturated carbocycles. The third kappa shape index (κ3) is 3.42. The number of fused-ring (bicyclic) bond motifs is 3. The highest BCUT2D eigenvalue weighted by Crippen LogP contribution is 2.52. The lowest BCUT2D eigenvalue weighted by Gasteiger charge is -2.49. The summed E-state index contributed by atoms with van der Waals surface area (Å²) in [5, 5.41) is 47.5. The number of carbonyl (C=O) groups is 3. The number of ketones is 3. The molecule has 0 spiro atoms. The summed E-state index contributed by atoms with van der Waals surface area (Å²) in [7, 11) is 1.87. The molecule has 198 valence electrons. The number of halogens is 1. The first kappa shape index (κ1) is 25.6. The predicted octanol–water partition coefficient (Wildman–Crippen LogP) is 2.18. The number of nitrogens with zero attached hydrogens (tertiary/aromatic N) is 1. The number of allylic oxidation sites excluding steroid dienone is 1. The van der Waals surface area contributed by atoms with E-state index in [1.165, 1.54) is 6.07 Å². The Balaban J connectivity index is 1.67. The van der Waals surface area contributed by atoms with Crippen molar-refractivity contribution in [3.63, 3.8) is 0 Å². The number of likely N-dealkylation sites (tertiary alicyclic amines) is 1. The summed E-state index contributed by atoms with van der Waals surface area (Å²) < 4.78 is 15.9. The van der Waals surface area contributed by atoms with E-state index in [9.17, 15) is 34.8 Å². The van der Waals surface area contributed by atoms with Crippen LogP contribution in [-0.2, 0) is 16.0 Å². The van der Waals surface area contributed by atoms with E-state index in [4.69, 9.17) is 0 Å². The fourth-order valence-electron chi connectivity index (χ4n) is 6.85. The number of hydrogen-bond acceptors (Lipinski definition) is 9. The van der Waals surface area contributed by atoms with Crippen molar-refractivity contribution in [3.8, 4) is 5.75 Å². The molecule has 1 aromatic carbocycles. The number of likely N-dealkylation sites (N-methyl/N-ethyl adjacent to an activating group) is 1. The first-order valence-corrected chi connectivity index (χ1v) is 12.6. The molecule has 0 bridgehead atoms. The van der Waals surface area contributed by atoms with Crippen LogP contribution in [0.5, 0.6) is 5.75 Å². The molecule has 9 nitrogen and oxygen atoms in total. The van der Waals surface area contributed by atoms with Crippen molar-refractivity contribution >= 4 is 17.3 Å². The second-order valence-corrected chi connectivity index (χ2v) is 10.6. The number of Topliss-reactive ketones (excluding diaryl/α,β-unsaturated/α-hetero) is 3. The molecule has 0 amide bonds. The highest BCUT2D eigenvalue weighted by Gasteiger charge is 2.62. The second kappa shape index (κ2) is 8.75. The molecule has 3 aliphatic carbocycles. The van der Waals surface area contributed by atoms with Crippen LogP contribution in [0.1, 0.15) is 60.6 Å². The number of phenols is 1. The maximum atomic E-state index is 15.9. The number of aromatic hydroxyl groups is 1. The molecule has 1 aliphatic heterocycles. The zero-order chi connectivity index (χ0) is 27.0. The van der Waals surface area contributed by atoms with Crippen molar-refractivity contribution in [1.29, 1.82) is 0 Å². The highest BCUT2D eigenvalue weighted by atomic mass is 19.1. The van der Waals surface area contributed by atoms with Gasteiger partial charge in [0.2, 0.25) is 5.78 Å². The smallest absolute Gasteiger partial charge is 0.209 e. The van der Waals surface area contributed by atoms with Crippen LogP contribution in [-0.4, -0.2) is 74.5 Å². The van der Waals surface area contributed by atoms with Gasteiger partial charge in [-0.2, -0.15) is 0 Å². The maximum absolute atomic E-state index is 15.9. The van der Waals surface area contributed by atoms with Gasteiger partial charge in [-0.1, -0.05) is 6.92 Å². The summed E-state index contributed by atoms with van der Waals surface area (Å²) in [6.45, 7) is 3.89. The minimum atomic E-state index is -2.64. The van der Waals surface area contributed by atoms with Gasteiger partial charge in [0.25, 0.3) is 0 Å². The van der Waals surface area contributed by atoms with Crippen LogP contribution in [0.2, 0.25) is 0 Å². The second-order valence-electron chi connectivity index (χ2n) is 10.6. The summed E-state index contributed by atoms with van der Waals surface area (Å²) in [5.41, 5.74) is -3.51. The third-order valence-electron chi connectivity index (χ3n) is 8.57. The van der Waals surface area contributed by atoms with Gasteiger partial charge in [0, 0.05) is 28.7 Å². The Bertz CT molecular complexity index is 1300. The van der Waals surface area contributed by atoms with Crippen molar-refractivity contribution < 1.29 is 39.2 Å². The summed E-state index contributed by atoms with van der Waals surface area (Å²) in [6, 6.07) is -0.0453. The van der Waals surface area contributed by atoms with Gasteiger partial charge in [-0.05, 0) is 64.7 Å². The summed E-state index contributed by atoms with van der Waals surface area (Å²) in [4.78, 5) is 41.2. The quantitative estimate of drug-likeness (QED) is 0.381. The van der Waals surface area contributed by atoms with Crippen LogP contribution in [0, 0.1) is 17.7 Å². The minimum absolute atomic E-state index is 0.0404. The molecule has 4 aliphatic rings. The number of benzene rings is 1. The topological polar surface area (TPSA) is 147 Å². The molecule has 37 heavy (non-hydrogen) atoms. The molecule has 5 atom stereocenters. The van der Waals surface area contributed by atoms with Gasteiger partial charge in [0.15, 0.2) is 17.2 Å². The van der Waals surface area contributed by atoms with E-state index in [0.717, 1.165) is 19.9 Å². The first-order chi connectivity index (χ1) is 17.4. The lowest BCUT2D eigenvalue weighted by molar-refractivity contribution is -0.146. The summed E-state index contributed by atoms with van der Waals surface area (Å²) in [5.74, 6) is -7.19. The standard InChI is InChI=1S/C27H31FN2O7/c1-4-29-22-15-9-12-8-14-20(17(32)10-13(21(14)28)16-6-5-7-30(16)3)23(33)19(12)26(36)27(15,37)25(35)18(11(2)31)24(22)34/h10,12,15-16,22,29,32,34,36-37H,4-9H2,1-3H3/t12-,15-,16?,22-,27+/m0/s1. The number of phenolic OH excluding ortho intramolecular Hbond substituents is 1. The fourth-order valence-corrected chi connectivity index (χ4v) is 6.85. The van der Waals surface area contributed by atoms with Crippen LogP contribution in [0.4, 0.5) is 4.39 Å². The van der Waals surface area contributed by atoms with Crippen LogP contribution >= 0.6 is 0 Å². The molecule has 1 saturated heterocycles. The number of aliphatic hydroxyl groups is 3. The molecule has 1 heterocycles. The number of carbonyl (C=O) groups excluding carboxylic acids is 3. The molecule has 0 aromatic heterocycles. The molecule has 1 fully saturated rings. The lowest BCUT2D eigenvalue weighted by Crippen LogP contribution is -2.63. The molecule has 0 radical (unpaired) electrons. The average molecular weight is 515 g/mol. The number of nitrogens with one attached hydrogen (secondary N) is 1. The minimum Gasteiger partial charge on any atom is -0.510 e. The fraction of sp³-hybridized carbons (Fsp3) is 0.519. The number of hydrogen-bond donors (Lipinski definition) is 5. The maximum Gasteiger partial charge on any atom is 0.209 e. The van der Waals surface area contributed by atoms with Crippen molar-refractivity contribution in [2.75, 3.05) is 20.1 Å². The monoisotopic (exact) mass is 514 g/mol. The van der Waals surface area contributed by atoms with E-state index >= 15 is 4.39 Å². The van der Waals surface area contributed by atoms with Gasteiger partial charge in [0.1, 0.15) is 28.7 Å². The Labute approximate surface area is 213 Å². The summed E-state index contributed by atoms with van der Waals surface area (Å²) >= 11 is 0. The van der Waals surface area contributed by atoms with Gasteiger partial charge < -0.3 is 25.7 Å². The molecule has 1 aromatic rings.